The fourth-order valence-corrected chi connectivity index (χ4v) is 10.8. The van der Waals surface area contributed by atoms with Crippen LogP contribution in [0.15, 0.2) is 60.7 Å². The van der Waals surface area contributed by atoms with Crippen LogP contribution in [-0.2, 0) is 62.5 Å². The lowest BCUT2D eigenvalue weighted by Crippen LogP contribution is -2.42. The second-order valence-corrected chi connectivity index (χ2v) is 21.9. The third-order valence-corrected chi connectivity index (χ3v) is 15.2. The second-order valence-electron chi connectivity index (χ2n) is 14.1. The van der Waals surface area contributed by atoms with Crippen LogP contribution in [0.25, 0.3) is 0 Å². The van der Waals surface area contributed by atoms with Crippen LogP contribution >= 0.6 is 64.8 Å². The standard InChI is InChI=1S/2C12H14N2O8S2.C10H17N3O9S2.C4H8N2O6/c2*15-12(10-4-2-1-3-5-10)20-6-7-23-24-9-11(22-14(18)19)8-21-13(16)17;1-3-20-10(15)9(11-7(2)14)6-24-23-5-8(22-13(18)19)4-21-12(16)17;1-2-4(12-6(9)10)3-11-5(7)8/h2*1-5,11H,6-9H2;8-9H,3-6H2,1-2H3,(H,11,14);4H,2-3H2,1H3. The molecular weight excluding hydrogens is 1270 g/mol. The summed E-state index contributed by atoms with van der Waals surface area (Å²) in [7, 11) is 7.17. The first-order chi connectivity index (χ1) is 39.8. The molecule has 5 atom stereocenters. The fourth-order valence-electron chi connectivity index (χ4n) is 4.53. The van der Waals surface area contributed by atoms with E-state index in [0.29, 0.717) is 22.6 Å². The number of ether oxygens (including phenoxy) is 3. The van der Waals surface area contributed by atoms with Crippen molar-refractivity contribution in [1.82, 2.24) is 5.32 Å². The van der Waals surface area contributed by atoms with E-state index < -0.39 is 121 Å². The quantitative estimate of drug-likeness (QED) is 0.0240. The van der Waals surface area contributed by atoms with Gasteiger partial charge in [0.05, 0.1) is 17.7 Å². The Morgan fingerprint density at radius 2 is 0.750 bits per heavy atom. The van der Waals surface area contributed by atoms with Crippen molar-refractivity contribution >= 4 is 88.6 Å². The maximum Gasteiger partial charge on any atom is 0.338 e. The van der Waals surface area contributed by atoms with Gasteiger partial charge in [0.1, 0.15) is 70.1 Å². The number of rotatable bonds is 43. The molecule has 0 saturated heterocycles. The first-order valence-corrected chi connectivity index (χ1v) is 30.2. The molecule has 0 saturated carbocycles. The van der Waals surface area contributed by atoms with Crippen LogP contribution in [0.1, 0.15) is 47.9 Å². The summed E-state index contributed by atoms with van der Waals surface area (Å²) in [5.74, 6) is -0.638. The van der Waals surface area contributed by atoms with Gasteiger partial charge in [-0.25, -0.2) is 14.4 Å². The Morgan fingerprint density at radius 3 is 1.05 bits per heavy atom. The number of hydrogen-bond donors (Lipinski definition) is 1. The Bertz CT molecular complexity index is 2220. The number of amides is 1. The fraction of sp³-hybridized carbons (Fsp3) is 0.579. The molecule has 2 rings (SSSR count). The van der Waals surface area contributed by atoms with E-state index in [9.17, 15) is 100 Å². The molecule has 0 aliphatic heterocycles. The maximum atomic E-state index is 11.7. The molecule has 0 aliphatic rings. The molecule has 1 N–H and O–H groups in total. The highest BCUT2D eigenvalue weighted by atomic mass is 33.1. The number of esters is 3. The third kappa shape index (κ3) is 48.7. The van der Waals surface area contributed by atoms with Gasteiger partial charge in [-0.15, -0.1) is 80.9 Å². The summed E-state index contributed by atoms with van der Waals surface area (Å²) in [5.41, 5.74) is 0.901. The summed E-state index contributed by atoms with van der Waals surface area (Å²) in [6.07, 6.45) is -3.88. The van der Waals surface area contributed by atoms with Crippen molar-refractivity contribution < 1.29 is 113 Å². The molecule has 0 heterocycles. The summed E-state index contributed by atoms with van der Waals surface area (Å²) in [5, 5.41) is 74.7. The summed E-state index contributed by atoms with van der Waals surface area (Å²) in [4.78, 5) is 160. The number of benzene rings is 2. The predicted molar refractivity (Wildman–Crippen MR) is 292 cm³/mol. The lowest BCUT2D eigenvalue weighted by molar-refractivity contribution is -0.790. The zero-order valence-corrected chi connectivity index (χ0v) is 48.6. The lowest BCUT2D eigenvalue weighted by atomic mass is 10.2. The van der Waals surface area contributed by atoms with Crippen LogP contribution in [0, 0.1) is 80.9 Å². The molecule has 0 radical (unpaired) electrons. The van der Waals surface area contributed by atoms with Gasteiger partial charge in [-0.3, -0.25) is 4.79 Å². The van der Waals surface area contributed by atoms with Crippen molar-refractivity contribution in [3.63, 3.8) is 0 Å². The smallest absolute Gasteiger partial charge is 0.338 e. The summed E-state index contributed by atoms with van der Waals surface area (Å²) in [6.45, 7) is 2.85. The molecule has 0 spiro atoms. The molecule has 1 amide bonds. The van der Waals surface area contributed by atoms with Crippen LogP contribution in [-0.4, -0.2) is 176 Å². The van der Waals surface area contributed by atoms with Gasteiger partial charge in [-0.05, 0) is 37.6 Å². The van der Waals surface area contributed by atoms with Crippen LogP contribution in [0.5, 0.6) is 0 Å². The van der Waals surface area contributed by atoms with E-state index in [4.69, 9.17) is 14.2 Å². The zero-order valence-electron chi connectivity index (χ0n) is 43.7. The van der Waals surface area contributed by atoms with Crippen molar-refractivity contribution in [3.05, 3.63) is 153 Å². The molecule has 0 aromatic heterocycles. The molecule has 46 heteroatoms. The number of nitrogens with zero attached hydrogens (tertiary/aromatic N) is 8. The van der Waals surface area contributed by atoms with Crippen LogP contribution < -0.4 is 5.32 Å². The minimum atomic E-state index is -1.15. The summed E-state index contributed by atoms with van der Waals surface area (Å²) >= 11 is 0. The Kier molecular flexibility index (Phi) is 46.1. The molecule has 0 fully saturated rings. The van der Waals surface area contributed by atoms with E-state index in [1.165, 1.54) is 50.1 Å². The average molecular weight is 1320 g/mol. The third-order valence-electron chi connectivity index (χ3n) is 7.87. The SMILES string of the molecule is CCC(CO[N+](=O)[O-])O[N+](=O)[O-].CCOC(=O)C(CSSCC(CO[N+](=O)[O-])O[N+](=O)[O-])NC(C)=O.O=C(OCCSSCC(CO[N+](=O)[O-])O[N+](=O)[O-])c1ccccc1.O=C(OCCSSCC(CO[N+](=O)[O-])O[N+](=O)[O-])c1ccccc1. The normalized spacial score (nSPS) is 11.8. The van der Waals surface area contributed by atoms with Crippen molar-refractivity contribution in [3.8, 4) is 0 Å². The number of nitrogens with one attached hydrogen (secondary N) is 1. The summed E-state index contributed by atoms with van der Waals surface area (Å²) in [6, 6.07) is 16.2. The minimum Gasteiger partial charge on any atom is -0.464 e. The van der Waals surface area contributed by atoms with Gasteiger partial charge in [-0.2, -0.15) is 0 Å². The molecular formula is C38H53N9O31S6. The second kappa shape index (κ2) is 49.6. The van der Waals surface area contributed by atoms with Crippen LogP contribution in [0.2, 0.25) is 0 Å². The van der Waals surface area contributed by atoms with Gasteiger partial charge in [0.25, 0.3) is 40.7 Å². The van der Waals surface area contributed by atoms with Crippen LogP contribution in [0.4, 0.5) is 0 Å². The van der Waals surface area contributed by atoms with E-state index in [-0.39, 0.29) is 49.3 Å². The molecule has 2 aromatic rings. The van der Waals surface area contributed by atoms with Crippen molar-refractivity contribution in [1.29, 1.82) is 0 Å². The topological polar surface area (TPSA) is 527 Å². The minimum absolute atomic E-state index is 0.00486. The van der Waals surface area contributed by atoms with Crippen molar-refractivity contribution in [2.45, 2.75) is 57.6 Å². The van der Waals surface area contributed by atoms with Crippen molar-refractivity contribution in [2.24, 2.45) is 0 Å². The monoisotopic (exact) mass is 1320 g/mol. The predicted octanol–water partition coefficient (Wildman–Crippen LogP) is 4.42. The largest absolute Gasteiger partial charge is 0.464 e. The highest BCUT2D eigenvalue weighted by Crippen LogP contribution is 2.26. The lowest BCUT2D eigenvalue weighted by Gasteiger charge is -2.16. The Balaban J connectivity index is 0. The first-order valence-electron chi connectivity index (χ1n) is 22.7. The van der Waals surface area contributed by atoms with E-state index in [0.717, 1.165) is 21.6 Å². The average Bonchev–Trinajstić information content (AvgIpc) is 3.45. The van der Waals surface area contributed by atoms with E-state index in [2.05, 4.69) is 44.0 Å². The molecule has 0 aliphatic carbocycles. The van der Waals surface area contributed by atoms with Gasteiger partial charge in [0, 0.05) is 41.4 Å². The Labute approximate surface area is 495 Å². The van der Waals surface area contributed by atoms with Crippen molar-refractivity contribution in [2.75, 3.05) is 80.8 Å². The molecule has 472 valence electrons. The maximum absolute atomic E-state index is 11.7. The molecule has 2 aromatic carbocycles. The van der Waals surface area contributed by atoms with E-state index >= 15 is 0 Å². The molecule has 40 nitrogen and oxygen atoms in total. The Morgan fingerprint density at radius 1 is 0.440 bits per heavy atom. The first kappa shape index (κ1) is 78.1. The molecule has 5 unspecified atom stereocenters. The van der Waals surface area contributed by atoms with Crippen LogP contribution in [0.3, 0.4) is 0 Å². The number of carbonyl (C=O) groups is 4. The van der Waals surface area contributed by atoms with Gasteiger partial charge in [-0.1, -0.05) is 108 Å². The number of hydrogen-bond acceptors (Lipinski definition) is 37. The zero-order chi connectivity index (χ0) is 63.7. The van der Waals surface area contributed by atoms with Gasteiger partial charge >= 0.3 is 17.9 Å². The molecule has 84 heavy (non-hydrogen) atoms. The van der Waals surface area contributed by atoms with E-state index in [1.54, 1.807) is 74.5 Å². The van der Waals surface area contributed by atoms with E-state index in [1.807, 2.05) is 0 Å². The summed E-state index contributed by atoms with van der Waals surface area (Å²) < 4.78 is 14.9. The highest BCUT2D eigenvalue weighted by Gasteiger charge is 2.23. The number of carbonyl (C=O) groups excluding carboxylic acids is 4. The van der Waals surface area contributed by atoms with Gasteiger partial charge in [0.15, 0.2) is 0 Å². The van der Waals surface area contributed by atoms with Gasteiger partial charge in [0.2, 0.25) is 5.91 Å². The Hall–Kier alpha value is -7.98. The highest BCUT2D eigenvalue weighted by molar-refractivity contribution is 8.77. The molecule has 0 bridgehead atoms. The van der Waals surface area contributed by atoms with Gasteiger partial charge < -0.3 is 58.2 Å².